The smallest absolute Gasteiger partial charge is 0.184 e. The molecule has 0 aliphatic heterocycles. The Kier molecular flexibility index (Phi) is 2.73. The number of hydrogen-bond donors (Lipinski definition) is 0. The second-order valence-corrected chi connectivity index (χ2v) is 4.11. The van der Waals surface area contributed by atoms with Gasteiger partial charge in [-0.05, 0) is 17.5 Å². The van der Waals surface area contributed by atoms with Crippen LogP contribution in [0.15, 0.2) is 24.5 Å². The summed E-state index contributed by atoms with van der Waals surface area (Å²) in [6.45, 7) is 3.93. The van der Waals surface area contributed by atoms with Crippen LogP contribution in [0.25, 0.3) is 11.4 Å². The van der Waals surface area contributed by atoms with Crippen LogP contribution in [-0.4, -0.2) is 14.8 Å². The number of halogens is 1. The van der Waals surface area contributed by atoms with Crippen molar-refractivity contribution in [3.05, 3.63) is 35.9 Å². The van der Waals surface area contributed by atoms with E-state index in [2.05, 4.69) is 10.1 Å². The molecule has 0 unspecified atom stereocenters. The van der Waals surface area contributed by atoms with Crippen LogP contribution in [0.3, 0.4) is 0 Å². The summed E-state index contributed by atoms with van der Waals surface area (Å²) >= 11 is 0. The fourth-order valence-corrected chi connectivity index (χ4v) is 1.63. The number of rotatable bonds is 2. The molecule has 4 heteroatoms. The van der Waals surface area contributed by atoms with E-state index in [0.29, 0.717) is 17.0 Å². The van der Waals surface area contributed by atoms with Crippen molar-refractivity contribution in [2.75, 3.05) is 0 Å². The summed E-state index contributed by atoms with van der Waals surface area (Å²) in [4.78, 5) is 4.06. The van der Waals surface area contributed by atoms with E-state index >= 15 is 0 Å². The maximum atomic E-state index is 14.1. The molecule has 2 aromatic rings. The van der Waals surface area contributed by atoms with E-state index in [-0.39, 0.29) is 11.7 Å². The van der Waals surface area contributed by atoms with Gasteiger partial charge in [0.15, 0.2) is 5.82 Å². The number of aromatic nitrogens is 3. The Hall–Kier alpha value is -1.71. The van der Waals surface area contributed by atoms with Crippen molar-refractivity contribution in [3.8, 4) is 11.4 Å². The van der Waals surface area contributed by atoms with Crippen molar-refractivity contribution >= 4 is 0 Å². The molecule has 2 rings (SSSR count). The lowest BCUT2D eigenvalue weighted by Gasteiger charge is -2.08. The Labute approximate surface area is 93.9 Å². The number of benzene rings is 1. The van der Waals surface area contributed by atoms with E-state index in [9.17, 15) is 4.39 Å². The van der Waals surface area contributed by atoms with Crippen LogP contribution in [-0.2, 0) is 7.05 Å². The SMILES string of the molecule is CC(C)c1cccc(-c2ncn(C)n2)c1F. The quantitative estimate of drug-likeness (QED) is 0.777. The van der Waals surface area contributed by atoms with Crippen LogP contribution in [0, 0.1) is 5.82 Å². The molecule has 0 amide bonds. The molecule has 0 atom stereocenters. The molecular weight excluding hydrogens is 205 g/mol. The summed E-state index contributed by atoms with van der Waals surface area (Å²) in [7, 11) is 1.76. The lowest BCUT2D eigenvalue weighted by atomic mass is 9.99. The van der Waals surface area contributed by atoms with Crippen molar-refractivity contribution in [2.24, 2.45) is 7.05 Å². The van der Waals surface area contributed by atoms with Crippen molar-refractivity contribution in [1.29, 1.82) is 0 Å². The van der Waals surface area contributed by atoms with Gasteiger partial charge in [-0.1, -0.05) is 26.0 Å². The van der Waals surface area contributed by atoms with Crippen LogP contribution < -0.4 is 0 Å². The van der Waals surface area contributed by atoms with Gasteiger partial charge in [0.05, 0.1) is 5.56 Å². The number of nitrogens with zero attached hydrogens (tertiary/aromatic N) is 3. The minimum atomic E-state index is -0.219. The molecule has 1 heterocycles. The van der Waals surface area contributed by atoms with Gasteiger partial charge >= 0.3 is 0 Å². The topological polar surface area (TPSA) is 30.7 Å². The fraction of sp³-hybridized carbons (Fsp3) is 0.333. The normalized spacial score (nSPS) is 11.1. The molecule has 0 aliphatic rings. The van der Waals surface area contributed by atoms with Crippen molar-refractivity contribution in [3.63, 3.8) is 0 Å². The van der Waals surface area contributed by atoms with Crippen molar-refractivity contribution in [2.45, 2.75) is 19.8 Å². The van der Waals surface area contributed by atoms with Gasteiger partial charge in [0.2, 0.25) is 0 Å². The first-order valence-corrected chi connectivity index (χ1v) is 5.24. The summed E-state index contributed by atoms with van der Waals surface area (Å²) in [5.41, 5.74) is 1.16. The maximum Gasteiger partial charge on any atom is 0.184 e. The standard InChI is InChI=1S/C12H14FN3/c1-8(2)9-5-4-6-10(11(9)13)12-14-7-16(3)15-12/h4-8H,1-3H3. The molecule has 0 bridgehead atoms. The molecule has 0 spiro atoms. The summed E-state index contributed by atoms with van der Waals surface area (Å²) < 4.78 is 15.7. The van der Waals surface area contributed by atoms with Crippen molar-refractivity contribution in [1.82, 2.24) is 14.8 Å². The molecule has 0 fully saturated rings. The zero-order chi connectivity index (χ0) is 11.7. The molecule has 1 aromatic carbocycles. The van der Waals surface area contributed by atoms with Crippen LogP contribution in [0.4, 0.5) is 4.39 Å². The lowest BCUT2D eigenvalue weighted by molar-refractivity contribution is 0.600. The zero-order valence-electron chi connectivity index (χ0n) is 9.61. The van der Waals surface area contributed by atoms with E-state index in [1.54, 1.807) is 30.2 Å². The molecule has 16 heavy (non-hydrogen) atoms. The third-order valence-electron chi connectivity index (χ3n) is 2.49. The van der Waals surface area contributed by atoms with Crippen LogP contribution in [0.2, 0.25) is 0 Å². The fourth-order valence-electron chi connectivity index (χ4n) is 1.63. The maximum absolute atomic E-state index is 14.1. The average Bonchev–Trinajstić information content (AvgIpc) is 2.64. The first-order chi connectivity index (χ1) is 7.59. The van der Waals surface area contributed by atoms with Crippen molar-refractivity contribution < 1.29 is 4.39 Å². The van der Waals surface area contributed by atoms with Gasteiger partial charge in [-0.2, -0.15) is 5.10 Å². The van der Waals surface area contributed by atoms with E-state index in [0.717, 1.165) is 0 Å². The van der Waals surface area contributed by atoms with Gasteiger partial charge in [-0.15, -0.1) is 0 Å². The Morgan fingerprint density at radius 1 is 1.31 bits per heavy atom. The third-order valence-corrected chi connectivity index (χ3v) is 2.49. The highest BCUT2D eigenvalue weighted by molar-refractivity contribution is 5.57. The molecule has 0 aliphatic carbocycles. The predicted octanol–water partition coefficient (Wildman–Crippen LogP) is 2.74. The average molecular weight is 219 g/mol. The molecule has 0 radical (unpaired) electrons. The molecule has 84 valence electrons. The summed E-state index contributed by atoms with van der Waals surface area (Å²) in [5, 5.41) is 4.11. The Bertz CT molecular complexity index is 503. The summed E-state index contributed by atoms with van der Waals surface area (Å²) in [5.74, 6) is 0.370. The first-order valence-electron chi connectivity index (χ1n) is 5.24. The second kappa shape index (κ2) is 4.04. The zero-order valence-corrected chi connectivity index (χ0v) is 9.61. The molecule has 0 saturated carbocycles. The summed E-state index contributed by atoms with van der Waals surface area (Å²) in [6, 6.07) is 5.34. The lowest BCUT2D eigenvalue weighted by Crippen LogP contribution is -1.97. The highest BCUT2D eigenvalue weighted by Crippen LogP contribution is 2.26. The van der Waals surface area contributed by atoms with E-state index in [1.165, 1.54) is 0 Å². The largest absolute Gasteiger partial charge is 0.255 e. The minimum absolute atomic E-state index is 0.156. The number of hydrogen-bond acceptors (Lipinski definition) is 2. The Morgan fingerprint density at radius 2 is 2.06 bits per heavy atom. The molecule has 0 saturated heterocycles. The molecule has 0 N–H and O–H groups in total. The van der Waals surface area contributed by atoms with Gasteiger partial charge in [-0.25, -0.2) is 9.37 Å². The Balaban J connectivity index is 2.54. The third kappa shape index (κ3) is 1.83. The van der Waals surface area contributed by atoms with Gasteiger partial charge < -0.3 is 0 Å². The monoisotopic (exact) mass is 219 g/mol. The highest BCUT2D eigenvalue weighted by Gasteiger charge is 2.14. The predicted molar refractivity (Wildman–Crippen MR) is 60.5 cm³/mol. The van der Waals surface area contributed by atoms with Crippen LogP contribution in [0.5, 0.6) is 0 Å². The highest BCUT2D eigenvalue weighted by atomic mass is 19.1. The molecule has 3 nitrogen and oxygen atoms in total. The van der Waals surface area contributed by atoms with E-state index < -0.39 is 0 Å². The van der Waals surface area contributed by atoms with E-state index in [1.807, 2.05) is 19.9 Å². The first kappa shape index (κ1) is 10.8. The number of aryl methyl sites for hydroxylation is 1. The summed E-state index contributed by atoms with van der Waals surface area (Å²) in [6.07, 6.45) is 1.57. The van der Waals surface area contributed by atoms with Gasteiger partial charge in [-0.3, -0.25) is 4.68 Å². The second-order valence-electron chi connectivity index (χ2n) is 4.11. The minimum Gasteiger partial charge on any atom is -0.255 e. The molecule has 1 aromatic heterocycles. The van der Waals surface area contributed by atoms with Crippen LogP contribution in [0.1, 0.15) is 25.3 Å². The van der Waals surface area contributed by atoms with Gasteiger partial charge in [0.1, 0.15) is 12.1 Å². The van der Waals surface area contributed by atoms with Gasteiger partial charge in [0, 0.05) is 7.05 Å². The Morgan fingerprint density at radius 3 is 2.62 bits per heavy atom. The van der Waals surface area contributed by atoms with E-state index in [4.69, 9.17) is 0 Å². The molecular formula is C12H14FN3. The van der Waals surface area contributed by atoms with Gasteiger partial charge in [0.25, 0.3) is 0 Å². The van der Waals surface area contributed by atoms with Crippen LogP contribution >= 0.6 is 0 Å².